The Hall–Kier alpha value is -1.51. The number of aromatic nitrogens is 2. The Morgan fingerprint density at radius 2 is 1.88 bits per heavy atom. The van der Waals surface area contributed by atoms with Crippen LogP contribution in [0, 0.1) is 14.8 Å². The molecule has 2 bridgehead atoms. The van der Waals surface area contributed by atoms with Crippen LogP contribution in [0.2, 0.25) is 0 Å². The zero-order valence-corrected chi connectivity index (χ0v) is 27.0. The van der Waals surface area contributed by atoms with Crippen LogP contribution < -0.4 is 9.64 Å². The van der Waals surface area contributed by atoms with Gasteiger partial charge in [-0.3, -0.25) is 9.80 Å². The molecule has 1 amide bonds. The van der Waals surface area contributed by atoms with Gasteiger partial charge in [0.2, 0.25) is 0 Å². The van der Waals surface area contributed by atoms with Crippen LogP contribution in [0.4, 0.5) is 15.0 Å². The maximum atomic E-state index is 15.6. The second kappa shape index (κ2) is 11.0. The zero-order valence-electron chi connectivity index (χ0n) is 23.2. The molecule has 9 nitrogen and oxygen atoms in total. The summed E-state index contributed by atoms with van der Waals surface area (Å²) in [5, 5.41) is 0.650. The van der Waals surface area contributed by atoms with Crippen LogP contribution in [-0.2, 0) is 9.47 Å². The third kappa shape index (κ3) is 5.87. The van der Waals surface area contributed by atoms with Crippen molar-refractivity contribution in [3.63, 3.8) is 0 Å². The smallest absolute Gasteiger partial charge is 0.410 e. The topological polar surface area (TPSA) is 80.3 Å². The monoisotopic (exact) mass is 731 g/mol. The molecule has 1 aromatic carbocycles. The van der Waals surface area contributed by atoms with Gasteiger partial charge in [0.1, 0.15) is 16.9 Å². The van der Waals surface area contributed by atoms with Gasteiger partial charge in [0.05, 0.1) is 36.4 Å². The number of halogens is 3. The maximum Gasteiger partial charge on any atom is 0.410 e. The number of rotatable bonds is 6. The van der Waals surface area contributed by atoms with E-state index in [9.17, 15) is 4.79 Å². The summed E-state index contributed by atoms with van der Waals surface area (Å²) in [6, 6.07) is 2.13. The highest BCUT2D eigenvalue weighted by molar-refractivity contribution is 14.1. The number of amides is 1. The Kier molecular flexibility index (Phi) is 7.84. The van der Waals surface area contributed by atoms with E-state index in [-0.39, 0.29) is 35.1 Å². The summed E-state index contributed by atoms with van der Waals surface area (Å²) < 4.78 is 34.2. The average molecular weight is 732 g/mol. The number of hydrogen-bond acceptors (Lipinski definition) is 8. The Morgan fingerprint density at radius 3 is 2.50 bits per heavy atom. The lowest BCUT2D eigenvalue weighted by atomic mass is 10.1. The Labute approximate surface area is 256 Å². The van der Waals surface area contributed by atoms with Gasteiger partial charge in [0.15, 0.2) is 5.82 Å². The minimum Gasteiger partial charge on any atom is -0.463 e. The van der Waals surface area contributed by atoms with E-state index in [1.807, 2.05) is 31.7 Å². The quantitative estimate of drug-likeness (QED) is 0.296. The molecule has 2 atom stereocenters. The first-order valence-electron chi connectivity index (χ1n) is 14.1. The number of carbonyl (C=O) groups excluding carboxylic acids is 1. The van der Waals surface area contributed by atoms with E-state index < -0.39 is 11.4 Å². The highest BCUT2D eigenvalue weighted by atomic mass is 127. The van der Waals surface area contributed by atoms with Gasteiger partial charge in [-0.2, -0.15) is 9.97 Å². The molecule has 4 fully saturated rings. The summed E-state index contributed by atoms with van der Waals surface area (Å²) in [6.45, 7) is 11.7. The lowest BCUT2D eigenvalue weighted by Gasteiger charge is -2.42. The lowest BCUT2D eigenvalue weighted by Crippen LogP contribution is -2.57. The first-order chi connectivity index (χ1) is 19.0. The van der Waals surface area contributed by atoms with Crippen molar-refractivity contribution in [2.24, 2.45) is 5.41 Å². The molecular formula is C28H36BrFIN5O4. The molecule has 1 aromatic heterocycles. The number of carbonyl (C=O) groups is 1. The second-order valence-corrected chi connectivity index (χ2v) is 14.5. The van der Waals surface area contributed by atoms with Gasteiger partial charge in [-0.15, -0.1) is 0 Å². The van der Waals surface area contributed by atoms with Crippen LogP contribution >= 0.6 is 38.5 Å². The van der Waals surface area contributed by atoms with Crippen molar-refractivity contribution in [3.8, 4) is 6.01 Å². The summed E-state index contributed by atoms with van der Waals surface area (Å²) in [5.74, 6) is 0.239. The van der Waals surface area contributed by atoms with Crippen LogP contribution in [0.15, 0.2) is 10.5 Å². The Bertz CT molecular complexity index is 1290. The van der Waals surface area contributed by atoms with Gasteiger partial charge in [0.25, 0.3) is 0 Å². The van der Waals surface area contributed by atoms with Crippen LogP contribution in [-0.4, -0.2) is 96.1 Å². The molecule has 1 saturated carbocycles. The SMILES string of the molecule is CC(C)(C)OC(=O)N1C2CCC1CN(c1nc(OCC3(CN4CCOCC4)CC3)nc3c(F)c(Br)c(I)cc13)C2. The summed E-state index contributed by atoms with van der Waals surface area (Å²) >= 11 is 5.51. The van der Waals surface area contributed by atoms with Crippen LogP contribution in [0.25, 0.3) is 10.9 Å². The number of benzene rings is 1. The van der Waals surface area contributed by atoms with Crippen molar-refractivity contribution in [2.75, 3.05) is 57.4 Å². The standard InChI is InChI=1S/C28H36BrFIN5O4/c1-27(2,3)40-26(37)36-17-4-5-18(36)14-35(13-17)24-19-12-20(31)21(29)22(30)23(19)32-25(33-24)39-16-28(6-7-28)15-34-8-10-38-11-9-34/h12,17-18H,4-11,13-16H2,1-3H3. The molecule has 40 heavy (non-hydrogen) atoms. The number of hydrogen-bond donors (Lipinski definition) is 0. The number of piperazine rings is 1. The van der Waals surface area contributed by atoms with Crippen LogP contribution in [0.5, 0.6) is 6.01 Å². The lowest BCUT2D eigenvalue weighted by molar-refractivity contribution is 0.0123. The second-order valence-electron chi connectivity index (χ2n) is 12.6. The fourth-order valence-corrected chi connectivity index (χ4v) is 6.96. The first-order valence-corrected chi connectivity index (χ1v) is 15.9. The van der Waals surface area contributed by atoms with Gasteiger partial charge in [-0.25, -0.2) is 9.18 Å². The highest BCUT2D eigenvalue weighted by Gasteiger charge is 2.46. The third-order valence-corrected chi connectivity index (χ3v) is 10.7. The van der Waals surface area contributed by atoms with E-state index in [0.717, 1.165) is 62.1 Å². The fourth-order valence-electron chi connectivity index (χ4n) is 6.11. The van der Waals surface area contributed by atoms with Crippen molar-refractivity contribution in [1.82, 2.24) is 19.8 Å². The van der Waals surface area contributed by atoms with E-state index in [1.54, 1.807) is 0 Å². The van der Waals surface area contributed by atoms with Crippen molar-refractivity contribution < 1.29 is 23.4 Å². The molecule has 3 saturated heterocycles. The molecule has 0 radical (unpaired) electrons. The molecule has 0 N–H and O–H groups in total. The summed E-state index contributed by atoms with van der Waals surface area (Å²) in [6.07, 6.45) is 3.72. The Morgan fingerprint density at radius 1 is 1.20 bits per heavy atom. The first kappa shape index (κ1) is 28.6. The minimum atomic E-state index is -0.551. The number of anilines is 1. The predicted molar refractivity (Wildman–Crippen MR) is 161 cm³/mol. The number of fused-ring (bicyclic) bond motifs is 3. The molecule has 3 aliphatic heterocycles. The van der Waals surface area contributed by atoms with Gasteiger partial charge in [-0.05, 0) is 91.0 Å². The Balaban J connectivity index is 1.26. The third-order valence-electron chi connectivity index (χ3n) is 8.30. The fraction of sp³-hybridized carbons (Fsp3) is 0.679. The van der Waals surface area contributed by atoms with E-state index in [2.05, 4.69) is 53.3 Å². The molecular weight excluding hydrogens is 696 g/mol. The van der Waals surface area contributed by atoms with E-state index in [0.29, 0.717) is 35.4 Å². The van der Waals surface area contributed by atoms with Gasteiger partial charge >= 0.3 is 12.1 Å². The van der Waals surface area contributed by atoms with Crippen LogP contribution in [0.1, 0.15) is 46.5 Å². The van der Waals surface area contributed by atoms with E-state index in [4.69, 9.17) is 19.2 Å². The van der Waals surface area contributed by atoms with Crippen molar-refractivity contribution in [3.05, 3.63) is 19.9 Å². The van der Waals surface area contributed by atoms with E-state index in [1.165, 1.54) is 0 Å². The van der Waals surface area contributed by atoms with Crippen molar-refractivity contribution in [2.45, 2.75) is 64.1 Å². The molecule has 218 valence electrons. The van der Waals surface area contributed by atoms with Crippen molar-refractivity contribution in [1.29, 1.82) is 0 Å². The zero-order chi connectivity index (χ0) is 28.2. The van der Waals surface area contributed by atoms with Crippen LogP contribution in [0.3, 0.4) is 0 Å². The summed E-state index contributed by atoms with van der Waals surface area (Å²) in [5.41, 5.74) is -0.225. The minimum absolute atomic E-state index is 0.00519. The number of ether oxygens (including phenoxy) is 3. The number of nitrogens with zero attached hydrogens (tertiary/aromatic N) is 5. The van der Waals surface area contributed by atoms with E-state index >= 15 is 4.39 Å². The molecule has 1 aliphatic carbocycles. The highest BCUT2D eigenvalue weighted by Crippen LogP contribution is 2.47. The normalized spacial score (nSPS) is 24.4. The average Bonchev–Trinajstić information content (AvgIpc) is 3.61. The van der Waals surface area contributed by atoms with Gasteiger partial charge in [0, 0.05) is 47.1 Å². The summed E-state index contributed by atoms with van der Waals surface area (Å²) in [4.78, 5) is 29.0. The molecule has 6 rings (SSSR count). The van der Waals surface area contributed by atoms with Gasteiger partial charge < -0.3 is 19.1 Å². The molecule has 0 spiro atoms. The van der Waals surface area contributed by atoms with Crippen molar-refractivity contribution >= 4 is 61.3 Å². The molecule has 2 unspecified atom stereocenters. The maximum absolute atomic E-state index is 15.6. The molecule has 4 aliphatic rings. The summed E-state index contributed by atoms with van der Waals surface area (Å²) in [7, 11) is 0. The predicted octanol–water partition coefficient (Wildman–Crippen LogP) is 5.22. The van der Waals surface area contributed by atoms with Gasteiger partial charge in [-0.1, -0.05) is 0 Å². The molecule has 2 aromatic rings. The largest absolute Gasteiger partial charge is 0.463 e. The molecule has 12 heteroatoms. The number of morpholine rings is 1. The molecule has 4 heterocycles.